The molecule has 0 saturated heterocycles. The number of amides is 1. The lowest BCUT2D eigenvalue weighted by atomic mass is 9.94. The Bertz CT molecular complexity index is 747. The first-order chi connectivity index (χ1) is 15.7. The molecule has 0 spiro atoms. The SMILES string of the molecule is CC/C=C\CC(C)CCC[C@@H](NC(=O)OC(C)(C)C)C(O[Si](C)(C)C(C)(C)C)c1ccccc1. The van der Waals surface area contributed by atoms with Crippen LogP contribution in [-0.2, 0) is 9.16 Å². The van der Waals surface area contributed by atoms with Crippen LogP contribution in [0.5, 0.6) is 0 Å². The van der Waals surface area contributed by atoms with Crippen LogP contribution >= 0.6 is 0 Å². The molecule has 0 aliphatic rings. The maximum atomic E-state index is 12.9. The highest BCUT2D eigenvalue weighted by molar-refractivity contribution is 6.74. The molecule has 1 amide bonds. The van der Waals surface area contributed by atoms with Gasteiger partial charge in [0.05, 0.1) is 12.1 Å². The fourth-order valence-corrected chi connectivity index (χ4v) is 4.87. The van der Waals surface area contributed by atoms with Crippen molar-refractivity contribution in [3.63, 3.8) is 0 Å². The van der Waals surface area contributed by atoms with E-state index in [9.17, 15) is 4.79 Å². The van der Waals surface area contributed by atoms with Crippen molar-refractivity contribution in [3.8, 4) is 0 Å². The Balaban J connectivity index is 3.16. The fourth-order valence-electron chi connectivity index (χ4n) is 3.58. The minimum Gasteiger partial charge on any atom is -0.444 e. The van der Waals surface area contributed by atoms with Crippen molar-refractivity contribution in [1.82, 2.24) is 5.32 Å². The molecule has 1 rings (SSSR count). The van der Waals surface area contributed by atoms with E-state index in [2.05, 4.69) is 77.3 Å². The van der Waals surface area contributed by atoms with Gasteiger partial charge in [0.15, 0.2) is 8.32 Å². The molecular weight excluding hydrogens is 438 g/mol. The Hall–Kier alpha value is -1.59. The summed E-state index contributed by atoms with van der Waals surface area (Å²) in [6.07, 6.45) is 9.08. The van der Waals surface area contributed by atoms with Crippen molar-refractivity contribution in [3.05, 3.63) is 48.0 Å². The molecule has 0 aliphatic heterocycles. The van der Waals surface area contributed by atoms with E-state index in [1.54, 1.807) is 0 Å². The topological polar surface area (TPSA) is 47.6 Å². The van der Waals surface area contributed by atoms with Gasteiger partial charge >= 0.3 is 6.09 Å². The number of ether oxygens (including phenoxy) is 1. The summed E-state index contributed by atoms with van der Waals surface area (Å²) in [4.78, 5) is 12.9. The number of carbonyl (C=O) groups is 1. The summed E-state index contributed by atoms with van der Waals surface area (Å²) in [6, 6.07) is 10.2. The Kier molecular flexibility index (Phi) is 12.1. The van der Waals surface area contributed by atoms with Gasteiger partial charge in [-0.2, -0.15) is 0 Å². The average Bonchev–Trinajstić information content (AvgIpc) is 2.70. The van der Waals surface area contributed by atoms with Crippen LogP contribution < -0.4 is 5.32 Å². The molecular formula is C29H51NO3Si. The van der Waals surface area contributed by atoms with Gasteiger partial charge < -0.3 is 14.5 Å². The number of hydrogen-bond acceptors (Lipinski definition) is 3. The van der Waals surface area contributed by atoms with Crippen LogP contribution in [0.15, 0.2) is 42.5 Å². The van der Waals surface area contributed by atoms with E-state index in [0.29, 0.717) is 5.92 Å². The monoisotopic (exact) mass is 489 g/mol. The standard InChI is InChI=1S/C29H51NO3Si/c1-11-12-14-18-23(2)19-17-22-25(30-27(31)32-28(3,4)5)26(24-20-15-13-16-21-24)33-34(9,10)29(6,7)8/h12-16,20-21,23,25-26H,11,17-19,22H2,1-10H3,(H,30,31)/b14-12-/t23?,25-,26?/m1/s1. The number of rotatable bonds is 12. The molecule has 0 fully saturated rings. The smallest absolute Gasteiger partial charge is 0.407 e. The summed E-state index contributed by atoms with van der Waals surface area (Å²) in [5, 5.41) is 3.26. The highest BCUT2D eigenvalue weighted by Crippen LogP contribution is 2.41. The zero-order valence-electron chi connectivity index (χ0n) is 23.5. The molecule has 34 heavy (non-hydrogen) atoms. The van der Waals surface area contributed by atoms with E-state index in [0.717, 1.165) is 37.7 Å². The minimum absolute atomic E-state index is 0.0661. The van der Waals surface area contributed by atoms with E-state index in [1.165, 1.54) is 0 Å². The maximum Gasteiger partial charge on any atom is 0.407 e. The quantitative estimate of drug-likeness (QED) is 0.236. The van der Waals surface area contributed by atoms with Crippen molar-refractivity contribution in [1.29, 1.82) is 0 Å². The van der Waals surface area contributed by atoms with Gasteiger partial charge in [0.25, 0.3) is 0 Å². The number of alkyl carbamates (subject to hydrolysis) is 1. The van der Waals surface area contributed by atoms with Gasteiger partial charge in [-0.25, -0.2) is 4.79 Å². The lowest BCUT2D eigenvalue weighted by molar-refractivity contribution is 0.0422. The van der Waals surface area contributed by atoms with Crippen LogP contribution in [0.25, 0.3) is 0 Å². The van der Waals surface area contributed by atoms with E-state index in [-0.39, 0.29) is 23.3 Å². The van der Waals surface area contributed by atoms with Crippen LogP contribution in [0.2, 0.25) is 18.1 Å². The number of carbonyl (C=O) groups excluding carboxylic acids is 1. The third kappa shape index (κ3) is 11.2. The molecule has 0 aromatic heterocycles. The van der Waals surface area contributed by atoms with Gasteiger partial charge in [-0.3, -0.25) is 0 Å². The van der Waals surface area contributed by atoms with Crippen LogP contribution in [0.1, 0.15) is 99.2 Å². The predicted molar refractivity (Wildman–Crippen MR) is 148 cm³/mol. The predicted octanol–water partition coefficient (Wildman–Crippen LogP) is 8.81. The van der Waals surface area contributed by atoms with Crippen molar-refractivity contribution in [2.45, 2.75) is 123 Å². The van der Waals surface area contributed by atoms with Crippen LogP contribution in [0, 0.1) is 5.92 Å². The summed E-state index contributed by atoms with van der Waals surface area (Å²) in [7, 11) is -2.10. The second-order valence-corrected chi connectivity index (χ2v) is 16.9. The van der Waals surface area contributed by atoms with E-state index in [1.807, 2.05) is 39.0 Å². The minimum atomic E-state index is -2.10. The average molecular weight is 490 g/mol. The number of benzene rings is 1. The summed E-state index contributed by atoms with van der Waals surface area (Å²) in [5.74, 6) is 0.612. The fraction of sp³-hybridized carbons (Fsp3) is 0.690. The normalized spacial score (nSPS) is 15.7. The van der Waals surface area contributed by atoms with Gasteiger partial charge in [-0.1, -0.05) is 89.9 Å². The molecule has 0 radical (unpaired) electrons. The molecule has 3 atom stereocenters. The number of nitrogens with one attached hydrogen (secondary N) is 1. The lowest BCUT2D eigenvalue weighted by Crippen LogP contribution is -2.48. The Morgan fingerprint density at radius 1 is 1.03 bits per heavy atom. The van der Waals surface area contributed by atoms with Gasteiger partial charge in [0.1, 0.15) is 5.60 Å². The third-order valence-electron chi connectivity index (χ3n) is 6.58. The van der Waals surface area contributed by atoms with Gasteiger partial charge in [0, 0.05) is 0 Å². The van der Waals surface area contributed by atoms with Crippen molar-refractivity contribution >= 4 is 14.4 Å². The summed E-state index contributed by atoms with van der Waals surface area (Å²) < 4.78 is 12.6. The second kappa shape index (κ2) is 13.5. The van der Waals surface area contributed by atoms with Gasteiger partial charge in [0.2, 0.25) is 0 Å². The highest BCUT2D eigenvalue weighted by Gasteiger charge is 2.41. The van der Waals surface area contributed by atoms with Gasteiger partial charge in [-0.05, 0) is 69.6 Å². The van der Waals surface area contributed by atoms with Crippen LogP contribution in [0.4, 0.5) is 4.79 Å². The molecule has 0 saturated carbocycles. The first-order valence-electron chi connectivity index (χ1n) is 13.0. The lowest BCUT2D eigenvalue weighted by Gasteiger charge is -2.42. The molecule has 0 bridgehead atoms. The summed E-state index contributed by atoms with van der Waals surface area (Å²) in [6.45, 7) is 21.5. The molecule has 4 nitrogen and oxygen atoms in total. The van der Waals surface area contributed by atoms with Crippen molar-refractivity contribution < 1.29 is 14.0 Å². The van der Waals surface area contributed by atoms with Crippen LogP contribution in [-0.4, -0.2) is 26.1 Å². The number of hydrogen-bond donors (Lipinski definition) is 1. The Morgan fingerprint density at radius 2 is 1.65 bits per heavy atom. The third-order valence-corrected chi connectivity index (χ3v) is 11.0. The van der Waals surface area contributed by atoms with Crippen molar-refractivity contribution in [2.24, 2.45) is 5.92 Å². The molecule has 1 aromatic carbocycles. The maximum absolute atomic E-state index is 12.9. The molecule has 2 unspecified atom stereocenters. The van der Waals surface area contributed by atoms with Crippen LogP contribution in [0.3, 0.4) is 0 Å². The van der Waals surface area contributed by atoms with Gasteiger partial charge in [-0.15, -0.1) is 0 Å². The second-order valence-electron chi connectivity index (χ2n) is 12.1. The number of allylic oxidation sites excluding steroid dienone is 2. The highest BCUT2D eigenvalue weighted by atomic mass is 28.4. The molecule has 194 valence electrons. The molecule has 0 heterocycles. The first-order valence-corrected chi connectivity index (χ1v) is 15.9. The Labute approximate surface area is 211 Å². The summed E-state index contributed by atoms with van der Waals surface area (Å²) in [5.41, 5.74) is 0.560. The Morgan fingerprint density at radius 3 is 2.18 bits per heavy atom. The first kappa shape index (κ1) is 30.4. The summed E-state index contributed by atoms with van der Waals surface area (Å²) >= 11 is 0. The molecule has 1 N–H and O–H groups in total. The van der Waals surface area contributed by atoms with E-state index < -0.39 is 13.9 Å². The van der Waals surface area contributed by atoms with E-state index in [4.69, 9.17) is 9.16 Å². The zero-order valence-corrected chi connectivity index (χ0v) is 24.5. The molecule has 0 aliphatic carbocycles. The van der Waals surface area contributed by atoms with Crippen molar-refractivity contribution in [2.75, 3.05) is 0 Å². The largest absolute Gasteiger partial charge is 0.444 e. The molecule has 5 heteroatoms. The molecule has 1 aromatic rings. The zero-order chi connectivity index (χ0) is 26.0. The van der Waals surface area contributed by atoms with E-state index >= 15 is 0 Å².